The quantitative estimate of drug-likeness (QED) is 0.192. The molecule has 0 saturated carbocycles. The Bertz CT molecular complexity index is 3330. The number of fused-ring (bicyclic) bond motifs is 14. The van der Waals surface area contributed by atoms with Gasteiger partial charge in [-0.25, -0.2) is 9.97 Å². The molecule has 0 N–H and O–H groups in total. The number of hydrogen-bond donors (Lipinski definition) is 0. The van der Waals surface area contributed by atoms with Gasteiger partial charge in [0.1, 0.15) is 11.1 Å². The first-order valence-electron chi connectivity index (χ1n) is 16.6. The van der Waals surface area contributed by atoms with Crippen LogP contribution in [0.1, 0.15) is 0 Å². The summed E-state index contributed by atoms with van der Waals surface area (Å²) in [5.41, 5.74) is 13.3. The third-order valence-corrected chi connectivity index (χ3v) is 10.4. The minimum Gasteiger partial charge on any atom is -0.454 e. The summed E-state index contributed by atoms with van der Waals surface area (Å²) in [6.07, 6.45) is 0. The Balaban J connectivity index is 1.21. The van der Waals surface area contributed by atoms with Crippen molar-refractivity contribution in [3.63, 3.8) is 0 Å². The molecule has 0 spiro atoms. The molecule has 5 heteroatoms. The van der Waals surface area contributed by atoms with Gasteiger partial charge in [-0.3, -0.25) is 4.40 Å². The second-order valence-electron chi connectivity index (χ2n) is 13.0. The summed E-state index contributed by atoms with van der Waals surface area (Å²) in [6.45, 7) is 0. The first-order valence-corrected chi connectivity index (χ1v) is 16.6. The van der Waals surface area contributed by atoms with Gasteiger partial charge in [0.2, 0.25) is 0 Å². The molecule has 0 bridgehead atoms. The van der Waals surface area contributed by atoms with Crippen molar-refractivity contribution in [2.24, 2.45) is 0 Å². The van der Waals surface area contributed by atoms with Gasteiger partial charge in [-0.15, -0.1) is 0 Å². The molecule has 5 nitrogen and oxygen atoms in total. The molecule has 0 aliphatic heterocycles. The number of nitrogens with zero attached hydrogens (tertiary/aromatic N) is 4. The van der Waals surface area contributed by atoms with E-state index in [0.29, 0.717) is 0 Å². The van der Waals surface area contributed by atoms with Crippen LogP contribution in [0.4, 0.5) is 0 Å². The van der Waals surface area contributed by atoms with Crippen molar-refractivity contribution in [1.29, 1.82) is 0 Å². The molecule has 5 heterocycles. The molecule has 49 heavy (non-hydrogen) atoms. The summed E-state index contributed by atoms with van der Waals surface area (Å²) in [5, 5.41) is 8.09. The van der Waals surface area contributed by atoms with E-state index in [1.54, 1.807) is 0 Å². The molecule has 0 saturated heterocycles. The van der Waals surface area contributed by atoms with Crippen LogP contribution in [0.3, 0.4) is 0 Å². The molecule has 0 atom stereocenters. The smallest absolute Gasteiger partial charge is 0.165 e. The van der Waals surface area contributed by atoms with Gasteiger partial charge in [0.05, 0.1) is 33.1 Å². The first kappa shape index (κ1) is 25.4. The standard InChI is InChI=1S/C44H24N4O/c1-2-10-27(11-3-1)47-37-16-8-4-12-28(37)32-22-25(18-21-38(32)47)26-23-33-30-19-20-31-29-13-5-9-17-39(29)49-43(31)42(30)48-41(33)34(24-26)40-44(48)46-36-15-7-6-14-35(36)45-40/h1-24H. The molecule has 12 aromatic rings. The van der Waals surface area contributed by atoms with Crippen molar-refractivity contribution < 1.29 is 4.42 Å². The minimum atomic E-state index is 0.847. The van der Waals surface area contributed by atoms with Gasteiger partial charge in [0, 0.05) is 43.4 Å². The Labute approximate surface area is 278 Å². The van der Waals surface area contributed by atoms with E-state index in [9.17, 15) is 0 Å². The zero-order valence-corrected chi connectivity index (χ0v) is 26.1. The van der Waals surface area contributed by atoms with Gasteiger partial charge < -0.3 is 8.98 Å². The molecule has 0 aliphatic rings. The van der Waals surface area contributed by atoms with Crippen molar-refractivity contribution in [2.45, 2.75) is 0 Å². The van der Waals surface area contributed by atoms with E-state index >= 15 is 0 Å². The topological polar surface area (TPSA) is 48.3 Å². The van der Waals surface area contributed by atoms with Crippen molar-refractivity contribution in [2.75, 3.05) is 0 Å². The monoisotopic (exact) mass is 624 g/mol. The first-order chi connectivity index (χ1) is 24.3. The largest absolute Gasteiger partial charge is 0.454 e. The second kappa shape index (κ2) is 9.00. The van der Waals surface area contributed by atoms with Crippen LogP contribution in [0.15, 0.2) is 150 Å². The SMILES string of the molecule is c1ccc(-n2c3ccccc3c3cc(-c4cc5c6ccc7c8ccccc8oc7c6n6c7nc8ccccc8nc7c(c4)c56)ccc32)cc1. The van der Waals surface area contributed by atoms with Crippen molar-refractivity contribution in [1.82, 2.24) is 18.9 Å². The molecule has 7 aromatic carbocycles. The maximum absolute atomic E-state index is 6.63. The maximum atomic E-state index is 6.63. The van der Waals surface area contributed by atoms with Crippen molar-refractivity contribution in [3.8, 4) is 16.8 Å². The van der Waals surface area contributed by atoms with Gasteiger partial charge >= 0.3 is 0 Å². The molecule has 0 radical (unpaired) electrons. The lowest BCUT2D eigenvalue weighted by atomic mass is 9.98. The van der Waals surface area contributed by atoms with E-state index in [-0.39, 0.29) is 0 Å². The van der Waals surface area contributed by atoms with Crippen molar-refractivity contribution in [3.05, 3.63) is 146 Å². The van der Waals surface area contributed by atoms with Crippen LogP contribution < -0.4 is 0 Å². The fourth-order valence-corrected chi connectivity index (χ4v) is 8.30. The molecule has 12 rings (SSSR count). The molecule has 0 aliphatic carbocycles. The number of furan rings is 1. The van der Waals surface area contributed by atoms with Gasteiger partial charge in [0.25, 0.3) is 0 Å². The third kappa shape index (κ3) is 3.24. The van der Waals surface area contributed by atoms with E-state index < -0.39 is 0 Å². The van der Waals surface area contributed by atoms with Gasteiger partial charge in [0.15, 0.2) is 11.2 Å². The summed E-state index contributed by atoms with van der Waals surface area (Å²) in [5.74, 6) is 0. The number of benzene rings is 7. The van der Waals surface area contributed by atoms with E-state index in [1.165, 1.54) is 27.2 Å². The lowest BCUT2D eigenvalue weighted by Gasteiger charge is -2.08. The normalized spacial score (nSPS) is 12.5. The fraction of sp³-hybridized carbons (Fsp3) is 0. The summed E-state index contributed by atoms with van der Waals surface area (Å²) < 4.78 is 11.3. The zero-order valence-electron chi connectivity index (χ0n) is 26.1. The lowest BCUT2D eigenvalue weighted by molar-refractivity contribution is 0.671. The molecule has 0 fully saturated rings. The molecular weight excluding hydrogens is 601 g/mol. The Hall–Kier alpha value is -6.72. The average molecular weight is 625 g/mol. The summed E-state index contributed by atoms with van der Waals surface area (Å²) >= 11 is 0. The number of aromatic nitrogens is 4. The van der Waals surface area contributed by atoms with Crippen LogP contribution in [0, 0.1) is 0 Å². The highest BCUT2D eigenvalue weighted by atomic mass is 16.3. The lowest BCUT2D eigenvalue weighted by Crippen LogP contribution is -1.92. The highest BCUT2D eigenvalue weighted by molar-refractivity contribution is 6.28. The fourth-order valence-electron chi connectivity index (χ4n) is 8.30. The molecule has 5 aromatic heterocycles. The zero-order chi connectivity index (χ0) is 31.8. The van der Waals surface area contributed by atoms with Crippen LogP contribution in [-0.4, -0.2) is 18.9 Å². The Morgan fingerprint density at radius 3 is 2.04 bits per heavy atom. The average Bonchev–Trinajstić information content (AvgIpc) is 3.89. The highest BCUT2D eigenvalue weighted by Crippen LogP contribution is 2.45. The van der Waals surface area contributed by atoms with Crippen LogP contribution in [-0.2, 0) is 0 Å². The Morgan fingerprint density at radius 2 is 1.14 bits per heavy atom. The molecule has 0 amide bonds. The van der Waals surface area contributed by atoms with Crippen LogP contribution in [0.5, 0.6) is 0 Å². The van der Waals surface area contributed by atoms with E-state index in [4.69, 9.17) is 14.4 Å². The molecular formula is C44H24N4O. The van der Waals surface area contributed by atoms with Crippen LogP contribution in [0.25, 0.3) is 110 Å². The third-order valence-electron chi connectivity index (χ3n) is 10.4. The molecule has 226 valence electrons. The van der Waals surface area contributed by atoms with Gasteiger partial charge in [-0.1, -0.05) is 78.9 Å². The van der Waals surface area contributed by atoms with Crippen LogP contribution >= 0.6 is 0 Å². The molecule has 0 unspecified atom stereocenters. The van der Waals surface area contributed by atoms with E-state index in [1.807, 2.05) is 36.4 Å². The van der Waals surface area contributed by atoms with E-state index in [2.05, 4.69) is 118 Å². The highest BCUT2D eigenvalue weighted by Gasteiger charge is 2.24. The second-order valence-corrected chi connectivity index (χ2v) is 13.0. The van der Waals surface area contributed by atoms with E-state index in [0.717, 1.165) is 82.8 Å². The van der Waals surface area contributed by atoms with Crippen LogP contribution in [0.2, 0.25) is 0 Å². The number of hydrogen-bond acceptors (Lipinski definition) is 3. The number of para-hydroxylation sites is 5. The Kier molecular flexibility index (Phi) is 4.66. The summed E-state index contributed by atoms with van der Waals surface area (Å²) in [7, 11) is 0. The maximum Gasteiger partial charge on any atom is 0.165 e. The van der Waals surface area contributed by atoms with Crippen molar-refractivity contribution >= 4 is 93.1 Å². The summed E-state index contributed by atoms with van der Waals surface area (Å²) in [6, 6.07) is 51.7. The minimum absolute atomic E-state index is 0.847. The predicted octanol–water partition coefficient (Wildman–Crippen LogP) is 11.4. The summed E-state index contributed by atoms with van der Waals surface area (Å²) in [4.78, 5) is 10.5. The van der Waals surface area contributed by atoms with Gasteiger partial charge in [-0.05, 0) is 77.9 Å². The van der Waals surface area contributed by atoms with Gasteiger partial charge in [-0.2, -0.15) is 0 Å². The Morgan fingerprint density at radius 1 is 0.449 bits per heavy atom. The predicted molar refractivity (Wildman–Crippen MR) is 201 cm³/mol. The number of rotatable bonds is 2.